The van der Waals surface area contributed by atoms with Gasteiger partial charge in [0.1, 0.15) is 5.76 Å². The van der Waals surface area contributed by atoms with Crippen LogP contribution in [0.5, 0.6) is 0 Å². The van der Waals surface area contributed by atoms with E-state index in [0.29, 0.717) is 6.04 Å². The Hall–Kier alpha value is -0.760. The Morgan fingerprint density at radius 2 is 2.07 bits per heavy atom. The van der Waals surface area contributed by atoms with E-state index in [4.69, 9.17) is 4.42 Å². The van der Waals surface area contributed by atoms with Gasteiger partial charge in [-0.05, 0) is 30.5 Å². The minimum Gasteiger partial charge on any atom is -0.467 e. The van der Waals surface area contributed by atoms with Gasteiger partial charge in [0.25, 0.3) is 0 Å². The first-order valence-corrected chi connectivity index (χ1v) is 5.24. The van der Waals surface area contributed by atoms with Crippen LogP contribution in [0.15, 0.2) is 16.7 Å². The lowest BCUT2D eigenvalue weighted by Gasteiger charge is -2.30. The second kappa shape index (κ2) is 4.18. The Bertz CT molecular complexity index is 283. The van der Waals surface area contributed by atoms with Crippen LogP contribution in [-0.4, -0.2) is 6.54 Å². The van der Waals surface area contributed by atoms with Crippen LogP contribution < -0.4 is 5.32 Å². The van der Waals surface area contributed by atoms with Crippen LogP contribution in [0.25, 0.3) is 0 Å². The van der Waals surface area contributed by atoms with Gasteiger partial charge in [-0.15, -0.1) is 0 Å². The quantitative estimate of drug-likeness (QED) is 0.800. The van der Waals surface area contributed by atoms with E-state index in [9.17, 15) is 0 Å². The van der Waals surface area contributed by atoms with E-state index in [2.05, 4.69) is 39.9 Å². The fraction of sp³-hybridized carbons (Fsp3) is 0.667. The maximum Gasteiger partial charge on any atom is 0.124 e. The molecule has 1 rings (SSSR count). The van der Waals surface area contributed by atoms with Crippen molar-refractivity contribution in [1.29, 1.82) is 0 Å². The lowest BCUT2D eigenvalue weighted by atomic mass is 9.84. The van der Waals surface area contributed by atoms with Crippen molar-refractivity contribution in [3.05, 3.63) is 23.7 Å². The molecule has 0 spiro atoms. The van der Waals surface area contributed by atoms with Crippen molar-refractivity contribution in [2.45, 2.75) is 40.7 Å². The summed E-state index contributed by atoms with van der Waals surface area (Å²) in [5.74, 6) is 1.07. The molecule has 1 heterocycles. The van der Waals surface area contributed by atoms with Gasteiger partial charge in [0.2, 0.25) is 0 Å². The molecule has 0 aromatic carbocycles. The second-order valence-electron chi connectivity index (χ2n) is 4.82. The fourth-order valence-corrected chi connectivity index (χ4v) is 1.68. The largest absolute Gasteiger partial charge is 0.467 e. The number of hydrogen-bond donors (Lipinski definition) is 1. The predicted molar refractivity (Wildman–Crippen MR) is 59.3 cm³/mol. The molecular formula is C12H21NO. The summed E-state index contributed by atoms with van der Waals surface area (Å²) >= 11 is 0. The first-order valence-electron chi connectivity index (χ1n) is 5.24. The average Bonchev–Trinajstić information content (AvgIpc) is 2.45. The third kappa shape index (κ3) is 2.38. The maximum absolute atomic E-state index is 5.54. The first-order chi connectivity index (χ1) is 6.46. The van der Waals surface area contributed by atoms with E-state index < -0.39 is 0 Å². The predicted octanol–water partition coefficient (Wildman–Crippen LogP) is 3.28. The van der Waals surface area contributed by atoms with E-state index >= 15 is 0 Å². The molecule has 0 aliphatic heterocycles. The average molecular weight is 195 g/mol. The molecule has 1 aromatic rings. The van der Waals surface area contributed by atoms with Gasteiger partial charge in [0.05, 0.1) is 12.3 Å². The van der Waals surface area contributed by atoms with Crippen LogP contribution in [0.4, 0.5) is 0 Å². The highest BCUT2D eigenvalue weighted by Crippen LogP contribution is 2.34. The van der Waals surface area contributed by atoms with Crippen LogP contribution in [0.2, 0.25) is 0 Å². The molecule has 0 saturated carbocycles. The van der Waals surface area contributed by atoms with Crippen molar-refractivity contribution in [3.8, 4) is 0 Å². The van der Waals surface area contributed by atoms with Crippen LogP contribution in [0.1, 0.15) is 45.1 Å². The van der Waals surface area contributed by atoms with Crippen LogP contribution >= 0.6 is 0 Å². The zero-order chi connectivity index (χ0) is 10.8. The molecule has 14 heavy (non-hydrogen) atoms. The molecule has 0 amide bonds. The highest BCUT2D eigenvalue weighted by molar-refractivity contribution is 5.19. The van der Waals surface area contributed by atoms with Crippen molar-refractivity contribution >= 4 is 0 Å². The molecule has 0 aliphatic rings. The Kier molecular flexibility index (Phi) is 3.38. The molecule has 2 nitrogen and oxygen atoms in total. The van der Waals surface area contributed by atoms with Crippen molar-refractivity contribution < 1.29 is 4.42 Å². The Labute approximate surface area is 86.7 Å². The topological polar surface area (TPSA) is 25.2 Å². The molecular weight excluding hydrogens is 174 g/mol. The summed E-state index contributed by atoms with van der Waals surface area (Å²) in [6, 6.07) is 2.31. The van der Waals surface area contributed by atoms with Crippen LogP contribution in [0.3, 0.4) is 0 Å². The molecule has 0 aliphatic carbocycles. The summed E-state index contributed by atoms with van der Waals surface area (Å²) in [5.41, 5.74) is 1.41. The van der Waals surface area contributed by atoms with Gasteiger partial charge in [-0.25, -0.2) is 0 Å². The molecule has 0 bridgehead atoms. The summed E-state index contributed by atoms with van der Waals surface area (Å²) in [4.78, 5) is 0. The van der Waals surface area contributed by atoms with Gasteiger partial charge in [0, 0.05) is 0 Å². The van der Waals surface area contributed by atoms with Gasteiger partial charge in [-0.1, -0.05) is 27.7 Å². The zero-order valence-electron chi connectivity index (χ0n) is 9.85. The molecule has 1 aromatic heterocycles. The van der Waals surface area contributed by atoms with Gasteiger partial charge in [-0.3, -0.25) is 0 Å². The lowest BCUT2D eigenvalue weighted by molar-refractivity contribution is 0.239. The Morgan fingerprint density at radius 3 is 2.43 bits per heavy atom. The molecule has 0 fully saturated rings. The van der Waals surface area contributed by atoms with Gasteiger partial charge >= 0.3 is 0 Å². The molecule has 1 N–H and O–H groups in total. The van der Waals surface area contributed by atoms with E-state index in [1.165, 1.54) is 5.56 Å². The lowest BCUT2D eigenvalue weighted by Crippen LogP contribution is -2.32. The highest BCUT2D eigenvalue weighted by Gasteiger charge is 2.28. The minimum absolute atomic E-state index is 0.179. The van der Waals surface area contributed by atoms with E-state index in [-0.39, 0.29) is 5.41 Å². The standard InChI is InChI=1S/C12H21NO/c1-6-13-11(12(3,4)5)10-9(2)7-8-14-10/h7-8,11,13H,6H2,1-5H3. The smallest absolute Gasteiger partial charge is 0.124 e. The number of rotatable bonds is 3. The van der Waals surface area contributed by atoms with Gasteiger partial charge in [-0.2, -0.15) is 0 Å². The molecule has 0 saturated heterocycles. The summed E-state index contributed by atoms with van der Waals surface area (Å²) in [6.07, 6.45) is 1.76. The molecule has 1 atom stereocenters. The zero-order valence-corrected chi connectivity index (χ0v) is 9.85. The Balaban J connectivity index is 2.95. The minimum atomic E-state index is 0.179. The summed E-state index contributed by atoms with van der Waals surface area (Å²) in [6.45, 7) is 11.8. The fourth-order valence-electron chi connectivity index (χ4n) is 1.68. The normalized spacial score (nSPS) is 14.4. The first kappa shape index (κ1) is 11.3. The van der Waals surface area contributed by atoms with Crippen LogP contribution in [0, 0.1) is 12.3 Å². The number of aryl methyl sites for hydroxylation is 1. The van der Waals surface area contributed by atoms with Crippen molar-refractivity contribution in [1.82, 2.24) is 5.32 Å². The second-order valence-corrected chi connectivity index (χ2v) is 4.82. The summed E-state index contributed by atoms with van der Waals surface area (Å²) < 4.78 is 5.54. The number of hydrogen-bond acceptors (Lipinski definition) is 2. The van der Waals surface area contributed by atoms with E-state index in [1.807, 2.05) is 6.07 Å². The third-order valence-electron chi connectivity index (χ3n) is 2.44. The van der Waals surface area contributed by atoms with Crippen molar-refractivity contribution in [2.75, 3.05) is 6.54 Å². The highest BCUT2D eigenvalue weighted by atomic mass is 16.3. The van der Waals surface area contributed by atoms with E-state index in [1.54, 1.807) is 6.26 Å². The molecule has 2 heteroatoms. The monoisotopic (exact) mass is 195 g/mol. The SMILES string of the molecule is CCNC(c1occc1C)C(C)(C)C. The summed E-state index contributed by atoms with van der Waals surface area (Å²) in [5, 5.41) is 3.47. The Morgan fingerprint density at radius 1 is 1.43 bits per heavy atom. The third-order valence-corrected chi connectivity index (χ3v) is 2.44. The van der Waals surface area contributed by atoms with Gasteiger partial charge in [0.15, 0.2) is 0 Å². The van der Waals surface area contributed by atoms with E-state index in [0.717, 1.165) is 12.3 Å². The maximum atomic E-state index is 5.54. The van der Waals surface area contributed by atoms with Crippen LogP contribution in [-0.2, 0) is 0 Å². The van der Waals surface area contributed by atoms with Gasteiger partial charge < -0.3 is 9.73 Å². The van der Waals surface area contributed by atoms with Crippen molar-refractivity contribution in [2.24, 2.45) is 5.41 Å². The van der Waals surface area contributed by atoms with Crippen molar-refractivity contribution in [3.63, 3.8) is 0 Å². The molecule has 80 valence electrons. The number of nitrogens with one attached hydrogen (secondary N) is 1. The molecule has 0 radical (unpaired) electrons. The summed E-state index contributed by atoms with van der Waals surface area (Å²) in [7, 11) is 0. The number of furan rings is 1. The molecule has 1 unspecified atom stereocenters.